The third-order valence-electron chi connectivity index (χ3n) is 2.51. The van der Waals surface area contributed by atoms with Crippen LogP contribution in [-0.2, 0) is 16.0 Å². The maximum atomic E-state index is 11.0. The Kier molecular flexibility index (Phi) is 4.55. The number of halogens is 1. The van der Waals surface area contributed by atoms with Gasteiger partial charge in [-0.05, 0) is 24.1 Å². The van der Waals surface area contributed by atoms with Crippen molar-refractivity contribution in [3.63, 3.8) is 0 Å². The van der Waals surface area contributed by atoms with E-state index >= 15 is 0 Å². The average Bonchev–Trinajstić information content (AvgIpc) is 2.24. The number of rotatable bonds is 4. The van der Waals surface area contributed by atoms with Crippen LogP contribution in [0.4, 0.5) is 5.69 Å². The Bertz CT molecular complexity index is 465. The second-order valence-electron chi connectivity index (χ2n) is 4.10. The SMILES string of the molecule is CC(=O)NC(Cc1cc(C)c(N)c(Cl)c1)C(=O)O. The Morgan fingerprint density at radius 3 is 2.56 bits per heavy atom. The molecule has 18 heavy (non-hydrogen) atoms. The lowest BCUT2D eigenvalue weighted by Crippen LogP contribution is -2.41. The molecule has 5 nitrogen and oxygen atoms in total. The maximum absolute atomic E-state index is 11.0. The molecule has 0 heterocycles. The van der Waals surface area contributed by atoms with Crippen molar-refractivity contribution in [1.82, 2.24) is 5.32 Å². The van der Waals surface area contributed by atoms with Crippen LogP contribution in [0.25, 0.3) is 0 Å². The Morgan fingerprint density at radius 1 is 1.50 bits per heavy atom. The molecular weight excluding hydrogens is 256 g/mol. The minimum Gasteiger partial charge on any atom is -0.480 e. The van der Waals surface area contributed by atoms with E-state index in [4.69, 9.17) is 22.4 Å². The van der Waals surface area contributed by atoms with Crippen LogP contribution >= 0.6 is 11.6 Å². The molecule has 0 aromatic heterocycles. The molecule has 0 saturated heterocycles. The van der Waals surface area contributed by atoms with Gasteiger partial charge in [-0.25, -0.2) is 4.79 Å². The van der Waals surface area contributed by atoms with Crippen LogP contribution in [0.15, 0.2) is 12.1 Å². The predicted molar refractivity (Wildman–Crippen MR) is 69.5 cm³/mol. The van der Waals surface area contributed by atoms with E-state index in [9.17, 15) is 9.59 Å². The number of nitrogens with one attached hydrogen (secondary N) is 1. The van der Waals surface area contributed by atoms with E-state index in [-0.39, 0.29) is 12.3 Å². The van der Waals surface area contributed by atoms with Crippen molar-refractivity contribution in [2.24, 2.45) is 0 Å². The van der Waals surface area contributed by atoms with E-state index in [0.29, 0.717) is 16.3 Å². The fourth-order valence-electron chi connectivity index (χ4n) is 1.63. The van der Waals surface area contributed by atoms with Crippen molar-refractivity contribution >= 4 is 29.2 Å². The minimum atomic E-state index is -1.09. The summed E-state index contributed by atoms with van der Waals surface area (Å²) in [6, 6.07) is 2.40. The first kappa shape index (κ1) is 14.3. The van der Waals surface area contributed by atoms with Crippen LogP contribution in [0.1, 0.15) is 18.1 Å². The molecule has 1 rings (SSSR count). The first-order valence-corrected chi connectivity index (χ1v) is 5.73. The average molecular weight is 271 g/mol. The number of hydrogen-bond acceptors (Lipinski definition) is 3. The van der Waals surface area contributed by atoms with Gasteiger partial charge in [0.25, 0.3) is 0 Å². The van der Waals surface area contributed by atoms with Gasteiger partial charge in [-0.15, -0.1) is 0 Å². The number of aryl methyl sites for hydroxylation is 1. The number of aliphatic carboxylic acids is 1. The van der Waals surface area contributed by atoms with Crippen molar-refractivity contribution in [2.75, 3.05) is 5.73 Å². The van der Waals surface area contributed by atoms with Gasteiger partial charge in [0, 0.05) is 13.3 Å². The summed E-state index contributed by atoms with van der Waals surface area (Å²) in [6.45, 7) is 3.07. The lowest BCUT2D eigenvalue weighted by atomic mass is 10.0. The molecular formula is C12H15ClN2O3. The zero-order valence-corrected chi connectivity index (χ0v) is 10.9. The summed E-state index contributed by atoms with van der Waals surface area (Å²) >= 11 is 5.93. The zero-order chi connectivity index (χ0) is 13.9. The molecule has 0 bridgehead atoms. The molecule has 6 heteroatoms. The summed E-state index contributed by atoms with van der Waals surface area (Å²) in [5, 5.41) is 11.8. The van der Waals surface area contributed by atoms with Crippen LogP contribution in [-0.4, -0.2) is 23.0 Å². The third-order valence-corrected chi connectivity index (χ3v) is 2.82. The maximum Gasteiger partial charge on any atom is 0.326 e. The first-order valence-electron chi connectivity index (χ1n) is 5.35. The quantitative estimate of drug-likeness (QED) is 0.721. The molecule has 4 N–H and O–H groups in total. The fraction of sp³-hybridized carbons (Fsp3) is 0.333. The van der Waals surface area contributed by atoms with Gasteiger partial charge in [-0.2, -0.15) is 0 Å². The van der Waals surface area contributed by atoms with Gasteiger partial charge in [-0.3, -0.25) is 4.79 Å². The van der Waals surface area contributed by atoms with E-state index in [0.717, 1.165) is 5.56 Å². The summed E-state index contributed by atoms with van der Waals surface area (Å²) < 4.78 is 0. The monoisotopic (exact) mass is 270 g/mol. The van der Waals surface area contributed by atoms with Gasteiger partial charge in [0.1, 0.15) is 6.04 Å². The van der Waals surface area contributed by atoms with E-state index in [2.05, 4.69) is 5.32 Å². The third kappa shape index (κ3) is 3.63. The normalized spacial score (nSPS) is 11.9. The molecule has 1 amide bonds. The zero-order valence-electron chi connectivity index (χ0n) is 10.2. The fourth-order valence-corrected chi connectivity index (χ4v) is 1.91. The Balaban J connectivity index is 2.94. The van der Waals surface area contributed by atoms with Crippen molar-refractivity contribution in [3.05, 3.63) is 28.3 Å². The highest BCUT2D eigenvalue weighted by Gasteiger charge is 2.19. The summed E-state index contributed by atoms with van der Waals surface area (Å²) in [5.74, 6) is -1.48. The highest BCUT2D eigenvalue weighted by molar-refractivity contribution is 6.33. The smallest absolute Gasteiger partial charge is 0.326 e. The second kappa shape index (κ2) is 5.73. The lowest BCUT2D eigenvalue weighted by Gasteiger charge is -2.14. The topological polar surface area (TPSA) is 92.4 Å². The number of anilines is 1. The van der Waals surface area contributed by atoms with E-state index < -0.39 is 12.0 Å². The molecule has 1 aromatic carbocycles. The number of carboxylic acids is 1. The summed E-state index contributed by atoms with van der Waals surface area (Å²) in [5.41, 5.74) is 7.68. The van der Waals surface area contributed by atoms with Crippen molar-refractivity contribution in [2.45, 2.75) is 26.3 Å². The molecule has 0 aliphatic rings. The molecule has 0 radical (unpaired) electrons. The Hall–Kier alpha value is -1.75. The molecule has 1 unspecified atom stereocenters. The number of nitrogen functional groups attached to an aromatic ring is 1. The Morgan fingerprint density at radius 2 is 2.11 bits per heavy atom. The van der Waals surface area contributed by atoms with Crippen LogP contribution in [0.3, 0.4) is 0 Å². The minimum absolute atomic E-state index is 0.162. The number of carboxylic acid groups (broad SMARTS) is 1. The molecule has 0 fully saturated rings. The van der Waals surface area contributed by atoms with Gasteiger partial charge in [-0.1, -0.05) is 17.7 Å². The van der Waals surface area contributed by atoms with Gasteiger partial charge in [0.15, 0.2) is 0 Å². The standard InChI is InChI=1S/C12H15ClN2O3/c1-6-3-8(4-9(13)11(6)14)5-10(12(17)18)15-7(2)16/h3-4,10H,5,14H2,1-2H3,(H,15,16)(H,17,18). The molecule has 0 spiro atoms. The number of hydrogen-bond donors (Lipinski definition) is 3. The number of benzene rings is 1. The number of carbonyl (C=O) groups excluding carboxylic acids is 1. The predicted octanol–water partition coefficient (Wildman–Crippen LogP) is 1.36. The van der Waals surface area contributed by atoms with Crippen LogP contribution < -0.4 is 11.1 Å². The van der Waals surface area contributed by atoms with Crippen LogP contribution in [0.2, 0.25) is 5.02 Å². The van der Waals surface area contributed by atoms with Gasteiger partial charge in [0.05, 0.1) is 10.7 Å². The molecule has 0 saturated carbocycles. The van der Waals surface area contributed by atoms with Crippen LogP contribution in [0.5, 0.6) is 0 Å². The lowest BCUT2D eigenvalue weighted by molar-refractivity contribution is -0.141. The largest absolute Gasteiger partial charge is 0.480 e. The molecule has 98 valence electrons. The van der Waals surface area contributed by atoms with Gasteiger partial charge in [0.2, 0.25) is 5.91 Å². The van der Waals surface area contributed by atoms with Crippen molar-refractivity contribution in [1.29, 1.82) is 0 Å². The van der Waals surface area contributed by atoms with Crippen LogP contribution in [0, 0.1) is 6.92 Å². The van der Waals surface area contributed by atoms with E-state index in [1.807, 2.05) is 0 Å². The van der Waals surface area contributed by atoms with Crippen molar-refractivity contribution < 1.29 is 14.7 Å². The second-order valence-corrected chi connectivity index (χ2v) is 4.51. The number of carbonyl (C=O) groups is 2. The van der Waals surface area contributed by atoms with Gasteiger partial charge >= 0.3 is 5.97 Å². The van der Waals surface area contributed by atoms with Gasteiger partial charge < -0.3 is 16.2 Å². The molecule has 0 aliphatic carbocycles. The highest BCUT2D eigenvalue weighted by Crippen LogP contribution is 2.24. The first-order chi connectivity index (χ1) is 8.31. The summed E-state index contributed by atoms with van der Waals surface area (Å²) in [7, 11) is 0. The Labute approximate surface area is 110 Å². The van der Waals surface area contributed by atoms with Crippen molar-refractivity contribution in [3.8, 4) is 0 Å². The molecule has 0 aliphatic heterocycles. The highest BCUT2D eigenvalue weighted by atomic mass is 35.5. The van der Waals surface area contributed by atoms with E-state index in [1.165, 1.54) is 6.92 Å². The summed E-state index contributed by atoms with van der Waals surface area (Å²) in [4.78, 5) is 21.9. The van der Waals surface area contributed by atoms with E-state index in [1.54, 1.807) is 19.1 Å². The molecule has 1 aromatic rings. The number of nitrogens with two attached hydrogens (primary N) is 1. The summed E-state index contributed by atoms with van der Waals surface area (Å²) in [6.07, 6.45) is 0.162. The number of amides is 1. The molecule has 1 atom stereocenters.